The molecular formula is C13H13N. The van der Waals surface area contributed by atoms with Crippen molar-refractivity contribution in [3.8, 4) is 0 Å². The first-order valence-corrected chi connectivity index (χ1v) is 4.41. The van der Waals surface area contributed by atoms with Gasteiger partial charge in [0.15, 0.2) is 0 Å². The SMILES string of the molecule is C=C/C=C(C=C)/N=C/c1ccccc1. The summed E-state index contributed by atoms with van der Waals surface area (Å²) in [6, 6.07) is 9.93. The minimum Gasteiger partial charge on any atom is -0.256 e. The van der Waals surface area contributed by atoms with Gasteiger partial charge < -0.3 is 0 Å². The van der Waals surface area contributed by atoms with Crippen LogP contribution >= 0.6 is 0 Å². The van der Waals surface area contributed by atoms with Gasteiger partial charge in [-0.25, -0.2) is 0 Å². The Morgan fingerprint density at radius 1 is 1.14 bits per heavy atom. The molecule has 0 radical (unpaired) electrons. The average Bonchev–Trinajstić information content (AvgIpc) is 2.25. The number of nitrogens with zero attached hydrogens (tertiary/aromatic N) is 1. The van der Waals surface area contributed by atoms with Crippen LogP contribution in [0.1, 0.15) is 5.56 Å². The molecular weight excluding hydrogens is 170 g/mol. The lowest BCUT2D eigenvalue weighted by Gasteiger charge is -1.92. The van der Waals surface area contributed by atoms with Crippen molar-refractivity contribution in [3.05, 3.63) is 73.0 Å². The van der Waals surface area contributed by atoms with Gasteiger partial charge >= 0.3 is 0 Å². The van der Waals surface area contributed by atoms with E-state index in [9.17, 15) is 0 Å². The van der Waals surface area contributed by atoms with Gasteiger partial charge in [0, 0.05) is 6.21 Å². The van der Waals surface area contributed by atoms with Crippen molar-refractivity contribution < 1.29 is 0 Å². The minimum atomic E-state index is 0.809. The molecule has 0 heterocycles. The summed E-state index contributed by atoms with van der Waals surface area (Å²) in [5.41, 5.74) is 1.88. The Balaban J connectivity index is 2.77. The number of hydrogen-bond acceptors (Lipinski definition) is 1. The van der Waals surface area contributed by atoms with E-state index < -0.39 is 0 Å². The summed E-state index contributed by atoms with van der Waals surface area (Å²) in [5, 5.41) is 0. The third-order valence-electron chi connectivity index (χ3n) is 1.66. The van der Waals surface area contributed by atoms with E-state index in [0.717, 1.165) is 11.3 Å². The summed E-state index contributed by atoms with van der Waals surface area (Å²) in [6.45, 7) is 7.27. The first kappa shape index (κ1) is 10.2. The molecule has 1 rings (SSSR count). The molecule has 0 saturated heterocycles. The zero-order valence-electron chi connectivity index (χ0n) is 8.06. The Morgan fingerprint density at radius 2 is 1.86 bits per heavy atom. The van der Waals surface area contributed by atoms with E-state index in [4.69, 9.17) is 0 Å². The average molecular weight is 183 g/mol. The number of hydrogen-bond donors (Lipinski definition) is 0. The fourth-order valence-electron chi connectivity index (χ4n) is 0.973. The number of benzene rings is 1. The van der Waals surface area contributed by atoms with Crippen LogP contribution in [0.4, 0.5) is 0 Å². The Bertz CT molecular complexity index is 358. The summed E-state index contributed by atoms with van der Waals surface area (Å²) in [7, 11) is 0. The van der Waals surface area contributed by atoms with Crippen molar-refractivity contribution in [2.75, 3.05) is 0 Å². The lowest BCUT2D eigenvalue weighted by atomic mass is 10.2. The highest BCUT2D eigenvalue weighted by molar-refractivity contribution is 5.80. The van der Waals surface area contributed by atoms with Crippen molar-refractivity contribution in [3.63, 3.8) is 0 Å². The standard InChI is InChI=1S/C13H13N/c1-3-8-13(4-2)14-11-12-9-6-5-7-10-12/h3-11H,1-2H2/b13-8+,14-11+. The van der Waals surface area contributed by atoms with E-state index in [2.05, 4.69) is 18.2 Å². The quantitative estimate of drug-likeness (QED) is 0.501. The predicted octanol–water partition coefficient (Wildman–Crippen LogP) is 3.36. The Labute approximate surface area is 84.8 Å². The van der Waals surface area contributed by atoms with Crippen molar-refractivity contribution in [2.24, 2.45) is 4.99 Å². The molecule has 0 N–H and O–H groups in total. The van der Waals surface area contributed by atoms with Crippen LogP contribution in [-0.4, -0.2) is 6.21 Å². The predicted molar refractivity (Wildman–Crippen MR) is 62.5 cm³/mol. The van der Waals surface area contributed by atoms with Crippen LogP contribution in [0.2, 0.25) is 0 Å². The van der Waals surface area contributed by atoms with Crippen molar-refractivity contribution in [2.45, 2.75) is 0 Å². The van der Waals surface area contributed by atoms with Gasteiger partial charge in [0.05, 0.1) is 5.70 Å². The molecule has 0 bridgehead atoms. The van der Waals surface area contributed by atoms with E-state index in [1.807, 2.05) is 36.4 Å². The summed E-state index contributed by atoms with van der Waals surface area (Å²) in [4.78, 5) is 4.25. The lowest BCUT2D eigenvalue weighted by molar-refractivity contribution is 1.43. The van der Waals surface area contributed by atoms with Gasteiger partial charge in [-0.05, 0) is 17.7 Å². The van der Waals surface area contributed by atoms with Gasteiger partial charge in [-0.1, -0.05) is 49.6 Å². The smallest absolute Gasteiger partial charge is 0.0623 e. The molecule has 0 aromatic heterocycles. The highest BCUT2D eigenvalue weighted by Gasteiger charge is 1.85. The third kappa shape index (κ3) is 3.23. The van der Waals surface area contributed by atoms with Crippen LogP contribution in [0.25, 0.3) is 0 Å². The zero-order chi connectivity index (χ0) is 10.2. The molecule has 1 aromatic rings. The first-order chi connectivity index (χ1) is 6.86. The van der Waals surface area contributed by atoms with Crippen LogP contribution in [0.5, 0.6) is 0 Å². The highest BCUT2D eigenvalue weighted by Crippen LogP contribution is 2.00. The Hall–Kier alpha value is -1.89. The van der Waals surface area contributed by atoms with Crippen molar-refractivity contribution in [1.82, 2.24) is 0 Å². The van der Waals surface area contributed by atoms with E-state index in [0.29, 0.717) is 0 Å². The maximum absolute atomic E-state index is 4.25. The molecule has 0 aliphatic rings. The van der Waals surface area contributed by atoms with Crippen LogP contribution < -0.4 is 0 Å². The number of allylic oxidation sites excluding steroid dienone is 3. The second kappa shape index (κ2) is 5.70. The summed E-state index contributed by atoms with van der Waals surface area (Å²) in [5.74, 6) is 0. The summed E-state index contributed by atoms with van der Waals surface area (Å²) >= 11 is 0. The van der Waals surface area contributed by atoms with E-state index in [-0.39, 0.29) is 0 Å². The molecule has 0 fully saturated rings. The largest absolute Gasteiger partial charge is 0.256 e. The molecule has 1 heteroatoms. The van der Waals surface area contributed by atoms with Gasteiger partial charge in [-0.2, -0.15) is 0 Å². The third-order valence-corrected chi connectivity index (χ3v) is 1.66. The molecule has 0 unspecified atom stereocenters. The minimum absolute atomic E-state index is 0.809. The highest BCUT2D eigenvalue weighted by atomic mass is 14.7. The monoisotopic (exact) mass is 183 g/mol. The molecule has 0 aliphatic carbocycles. The summed E-state index contributed by atoms with van der Waals surface area (Å²) in [6.07, 6.45) is 7.00. The fraction of sp³-hybridized carbons (Fsp3) is 0. The second-order valence-corrected chi connectivity index (χ2v) is 2.70. The zero-order valence-corrected chi connectivity index (χ0v) is 8.06. The molecule has 1 aromatic carbocycles. The van der Waals surface area contributed by atoms with Gasteiger partial charge in [0.1, 0.15) is 0 Å². The molecule has 0 spiro atoms. The molecule has 14 heavy (non-hydrogen) atoms. The first-order valence-electron chi connectivity index (χ1n) is 4.41. The van der Waals surface area contributed by atoms with Crippen molar-refractivity contribution in [1.29, 1.82) is 0 Å². The van der Waals surface area contributed by atoms with E-state index in [1.54, 1.807) is 18.4 Å². The molecule has 0 saturated carbocycles. The Morgan fingerprint density at radius 3 is 2.43 bits per heavy atom. The van der Waals surface area contributed by atoms with Crippen LogP contribution in [0, 0.1) is 0 Å². The molecule has 1 nitrogen and oxygen atoms in total. The van der Waals surface area contributed by atoms with Gasteiger partial charge in [-0.3, -0.25) is 4.99 Å². The maximum Gasteiger partial charge on any atom is 0.0623 e. The lowest BCUT2D eigenvalue weighted by Crippen LogP contribution is -1.79. The van der Waals surface area contributed by atoms with Gasteiger partial charge in [0.25, 0.3) is 0 Å². The van der Waals surface area contributed by atoms with Gasteiger partial charge in [-0.15, -0.1) is 0 Å². The topological polar surface area (TPSA) is 12.4 Å². The molecule has 0 atom stereocenters. The fourth-order valence-corrected chi connectivity index (χ4v) is 0.973. The molecule has 0 amide bonds. The van der Waals surface area contributed by atoms with Gasteiger partial charge in [0.2, 0.25) is 0 Å². The molecule has 0 aliphatic heterocycles. The van der Waals surface area contributed by atoms with Crippen LogP contribution in [-0.2, 0) is 0 Å². The summed E-state index contributed by atoms with van der Waals surface area (Å²) < 4.78 is 0. The van der Waals surface area contributed by atoms with Crippen LogP contribution in [0.15, 0.2) is 72.4 Å². The second-order valence-electron chi connectivity index (χ2n) is 2.70. The number of rotatable bonds is 4. The maximum atomic E-state index is 4.25. The van der Waals surface area contributed by atoms with Crippen molar-refractivity contribution >= 4 is 6.21 Å². The number of aliphatic imine (C=N–C) groups is 1. The van der Waals surface area contributed by atoms with Crippen LogP contribution in [0.3, 0.4) is 0 Å². The Kier molecular flexibility index (Phi) is 4.15. The normalized spacial score (nSPS) is 11.6. The van der Waals surface area contributed by atoms with E-state index in [1.165, 1.54) is 0 Å². The van der Waals surface area contributed by atoms with E-state index >= 15 is 0 Å². The molecule has 70 valence electrons.